The van der Waals surface area contributed by atoms with Crippen LogP contribution in [-0.2, 0) is 47.4 Å². The quantitative estimate of drug-likeness (QED) is 0.410. The Hall–Kier alpha value is -1.29. The molecule has 10 aliphatic rings. The summed E-state index contributed by atoms with van der Waals surface area (Å²) in [4.78, 5) is 14.0. The molecule has 0 radical (unpaired) electrons. The molecule has 10 rings (SSSR count). The predicted molar refractivity (Wildman–Crippen MR) is 184 cm³/mol. The summed E-state index contributed by atoms with van der Waals surface area (Å²) < 4.78 is 59.8. The van der Waals surface area contributed by atoms with E-state index in [1.807, 2.05) is 0 Å². The number of carbonyl (C=O) groups is 1. The molecule has 2 N–H and O–H groups in total. The number of ketones is 1. The van der Waals surface area contributed by atoms with Gasteiger partial charge in [0, 0.05) is 51.6 Å². The standard InChI is InChI=1S/C40H58O12/c1-19-11-24-5-7-28-20(2)12-26(45-28)9-10-40-17-33-36(51-40)37-38(50-33)39(52-40)35-29(49-37)8-6-25(47-35)13-22(42)14-27-31(16-30(46-24)21(19)3)48-32(34(27)44-4)15-23(43)18-41/h19,23-39,41,43H,2-3,5-18H2,1,4H3/t19-,23?,24?,25?,26?,27?,28?,29?,30-,31+,32?,33-,34-,35+,36?,37+,38?,39+,40+/m1/s1. The van der Waals surface area contributed by atoms with E-state index in [0.717, 1.165) is 49.7 Å². The van der Waals surface area contributed by atoms with E-state index in [1.54, 1.807) is 7.11 Å². The van der Waals surface area contributed by atoms with Crippen LogP contribution < -0.4 is 0 Å². The van der Waals surface area contributed by atoms with Crippen LogP contribution in [0.15, 0.2) is 24.3 Å². The maximum absolute atomic E-state index is 14.0. The van der Waals surface area contributed by atoms with Crippen molar-refractivity contribution >= 4 is 5.78 Å². The zero-order valence-corrected chi connectivity index (χ0v) is 30.7. The molecule has 0 aromatic carbocycles. The third kappa shape index (κ3) is 6.59. The summed E-state index contributed by atoms with van der Waals surface area (Å²) in [6.07, 6.45) is 4.01. The summed E-state index contributed by atoms with van der Waals surface area (Å²) in [5.74, 6) is -0.709. The fourth-order valence-corrected chi connectivity index (χ4v) is 11.3. The summed E-state index contributed by atoms with van der Waals surface area (Å²) in [6, 6.07) is 0. The second-order valence-corrected chi connectivity index (χ2v) is 17.4. The van der Waals surface area contributed by atoms with Crippen molar-refractivity contribution in [3.8, 4) is 0 Å². The summed E-state index contributed by atoms with van der Waals surface area (Å²) in [5.41, 5.74) is 2.17. The van der Waals surface area contributed by atoms with Gasteiger partial charge >= 0.3 is 0 Å². The first-order valence-electron chi connectivity index (χ1n) is 20.1. The molecule has 10 fully saturated rings. The molecule has 0 amide bonds. The third-order valence-corrected chi connectivity index (χ3v) is 13.9. The van der Waals surface area contributed by atoms with Gasteiger partial charge in [-0.3, -0.25) is 4.79 Å². The lowest BCUT2D eigenvalue weighted by molar-refractivity contribution is -0.292. The Kier molecular flexibility index (Phi) is 10.0. The first kappa shape index (κ1) is 36.4. The largest absolute Gasteiger partial charge is 0.394 e. The normalized spacial score (nSPS) is 52.4. The summed E-state index contributed by atoms with van der Waals surface area (Å²) >= 11 is 0. The van der Waals surface area contributed by atoms with Crippen molar-refractivity contribution in [2.45, 2.75) is 194 Å². The number of aliphatic hydroxyl groups excluding tert-OH is 2. The highest BCUT2D eigenvalue weighted by molar-refractivity contribution is 5.79. The molecule has 290 valence electrons. The van der Waals surface area contributed by atoms with Gasteiger partial charge in [0.1, 0.15) is 36.3 Å². The number of rotatable bonds is 4. The molecule has 1 spiro atoms. The summed E-state index contributed by atoms with van der Waals surface area (Å²) in [7, 11) is 1.63. The van der Waals surface area contributed by atoms with Crippen molar-refractivity contribution in [2.24, 2.45) is 11.8 Å². The topological polar surface area (TPSA) is 141 Å². The minimum atomic E-state index is -0.951. The maximum Gasteiger partial charge on any atom is 0.172 e. The molecule has 12 heteroatoms. The minimum absolute atomic E-state index is 0.0260. The number of fused-ring (bicyclic) bond motifs is 6. The average Bonchev–Trinajstić information content (AvgIpc) is 3.79. The van der Waals surface area contributed by atoms with Crippen molar-refractivity contribution in [3.63, 3.8) is 0 Å². The minimum Gasteiger partial charge on any atom is -0.394 e. The van der Waals surface area contributed by atoms with Gasteiger partial charge in [-0.15, -0.1) is 0 Å². The Morgan fingerprint density at radius 3 is 2.37 bits per heavy atom. The molecule has 0 saturated carbocycles. The van der Waals surface area contributed by atoms with Crippen molar-refractivity contribution in [1.29, 1.82) is 0 Å². The Labute approximate surface area is 306 Å². The monoisotopic (exact) mass is 730 g/mol. The van der Waals surface area contributed by atoms with E-state index in [4.69, 9.17) is 42.6 Å². The number of carbonyl (C=O) groups excluding carboxylic acids is 1. The van der Waals surface area contributed by atoms with Crippen molar-refractivity contribution in [2.75, 3.05) is 13.7 Å². The number of aliphatic hydroxyl groups is 2. The summed E-state index contributed by atoms with van der Waals surface area (Å²) in [5, 5.41) is 20.1. The van der Waals surface area contributed by atoms with Crippen LogP contribution in [0, 0.1) is 11.8 Å². The molecule has 12 nitrogen and oxygen atoms in total. The van der Waals surface area contributed by atoms with Crippen molar-refractivity contribution < 1.29 is 57.6 Å². The first-order chi connectivity index (χ1) is 25.1. The molecule has 0 aromatic rings. The van der Waals surface area contributed by atoms with E-state index in [9.17, 15) is 15.0 Å². The van der Waals surface area contributed by atoms with E-state index in [1.165, 1.54) is 0 Å². The van der Waals surface area contributed by atoms with Gasteiger partial charge in [0.2, 0.25) is 0 Å². The van der Waals surface area contributed by atoms with Crippen LogP contribution in [0.1, 0.15) is 90.4 Å². The lowest BCUT2D eigenvalue weighted by Gasteiger charge is -2.47. The molecule has 0 aliphatic carbocycles. The van der Waals surface area contributed by atoms with Crippen molar-refractivity contribution in [3.05, 3.63) is 24.3 Å². The van der Waals surface area contributed by atoms with Crippen LogP contribution in [0.4, 0.5) is 0 Å². The Morgan fingerprint density at radius 1 is 0.788 bits per heavy atom. The number of hydrogen-bond acceptors (Lipinski definition) is 12. The SMILES string of the molecule is C=C1CC2CC[C@@]34C[C@H]5OC6[C@@H](OC7CCC(CC(=O)CC8[C@@H](OC)C(CC(O)CO)O[C@H]8C[C@H]8OC(CCC1O2)C[C@@H](C)C8=C)O[C@@H]7[C@@H]6O3)C5O4. The molecule has 10 aliphatic heterocycles. The third-order valence-electron chi connectivity index (χ3n) is 13.9. The zero-order valence-electron chi connectivity index (χ0n) is 30.7. The predicted octanol–water partition coefficient (Wildman–Crippen LogP) is 3.47. The van der Waals surface area contributed by atoms with Crippen LogP contribution in [0.25, 0.3) is 0 Å². The number of Topliss-reactive ketones (excluding diaryl/α,β-unsaturated/α-hetero) is 1. The number of methoxy groups -OCH3 is 1. The van der Waals surface area contributed by atoms with Gasteiger partial charge in [-0.25, -0.2) is 0 Å². The van der Waals surface area contributed by atoms with Gasteiger partial charge in [-0.2, -0.15) is 0 Å². The molecule has 0 aromatic heterocycles. The van der Waals surface area contributed by atoms with Gasteiger partial charge in [0.15, 0.2) is 5.79 Å². The Bertz CT molecular complexity index is 1370. The average molecular weight is 731 g/mol. The maximum atomic E-state index is 14.0. The molecular weight excluding hydrogens is 672 g/mol. The van der Waals surface area contributed by atoms with E-state index in [-0.39, 0.29) is 123 Å². The van der Waals surface area contributed by atoms with Crippen LogP contribution in [-0.4, -0.2) is 133 Å². The Morgan fingerprint density at radius 2 is 1.54 bits per heavy atom. The van der Waals surface area contributed by atoms with E-state index in [2.05, 4.69) is 20.1 Å². The van der Waals surface area contributed by atoms with Gasteiger partial charge < -0.3 is 52.8 Å². The first-order valence-corrected chi connectivity index (χ1v) is 20.1. The van der Waals surface area contributed by atoms with Crippen LogP contribution in [0.3, 0.4) is 0 Å². The molecule has 52 heavy (non-hydrogen) atoms. The number of hydrogen-bond donors (Lipinski definition) is 2. The lowest BCUT2D eigenvalue weighted by Crippen LogP contribution is -2.61. The smallest absolute Gasteiger partial charge is 0.172 e. The van der Waals surface area contributed by atoms with E-state index >= 15 is 0 Å². The highest BCUT2D eigenvalue weighted by Gasteiger charge is 2.68. The second kappa shape index (κ2) is 14.3. The van der Waals surface area contributed by atoms with Gasteiger partial charge in [-0.05, 0) is 62.0 Å². The van der Waals surface area contributed by atoms with Crippen LogP contribution in [0.5, 0.6) is 0 Å². The van der Waals surface area contributed by atoms with E-state index in [0.29, 0.717) is 25.7 Å². The van der Waals surface area contributed by atoms with Gasteiger partial charge in [0.25, 0.3) is 0 Å². The van der Waals surface area contributed by atoms with Crippen LogP contribution >= 0.6 is 0 Å². The molecule has 10 heterocycles. The Balaban J connectivity index is 0.994. The van der Waals surface area contributed by atoms with Crippen molar-refractivity contribution in [1.82, 2.24) is 0 Å². The van der Waals surface area contributed by atoms with E-state index < -0.39 is 24.1 Å². The molecular formula is C40H58O12. The fraction of sp³-hybridized carbons (Fsp3) is 0.875. The number of ether oxygens (including phenoxy) is 9. The van der Waals surface area contributed by atoms with Gasteiger partial charge in [0.05, 0.1) is 73.8 Å². The second-order valence-electron chi connectivity index (χ2n) is 17.4. The lowest BCUT2D eigenvalue weighted by atomic mass is 9.81. The fourth-order valence-electron chi connectivity index (χ4n) is 11.3. The zero-order chi connectivity index (χ0) is 35.9. The molecule has 10 saturated heterocycles. The molecule has 10 unspecified atom stereocenters. The highest BCUT2D eigenvalue weighted by atomic mass is 16.8. The van der Waals surface area contributed by atoms with Gasteiger partial charge in [-0.1, -0.05) is 20.1 Å². The summed E-state index contributed by atoms with van der Waals surface area (Å²) in [6.45, 7) is 10.7. The molecule has 12 bridgehead atoms. The highest BCUT2D eigenvalue weighted by Crippen LogP contribution is 2.54. The van der Waals surface area contributed by atoms with Crippen LogP contribution in [0.2, 0.25) is 0 Å². The molecule has 19 atom stereocenters.